The molecule has 0 bridgehead atoms. The minimum Gasteiger partial charge on any atom is -0.211 e. The summed E-state index contributed by atoms with van der Waals surface area (Å²) in [6.07, 6.45) is 0. The molecule has 0 heterocycles. The topological polar surface area (TPSA) is 46.2 Å². The first kappa shape index (κ1) is 15.5. The van der Waals surface area contributed by atoms with Gasteiger partial charge in [0.15, 0.2) is 0 Å². The van der Waals surface area contributed by atoms with E-state index < -0.39 is 15.2 Å². The van der Waals surface area contributed by atoms with Gasteiger partial charge in [-0.05, 0) is 23.5 Å². The van der Waals surface area contributed by atoms with Crippen molar-refractivity contribution in [3.63, 3.8) is 0 Å². The summed E-state index contributed by atoms with van der Waals surface area (Å²) >= 11 is 5.36. The molecule has 18 heavy (non-hydrogen) atoms. The van der Waals surface area contributed by atoms with Crippen molar-refractivity contribution in [1.29, 1.82) is 0 Å². The van der Waals surface area contributed by atoms with Gasteiger partial charge in [0.05, 0.1) is 0 Å². The van der Waals surface area contributed by atoms with Gasteiger partial charge in [0, 0.05) is 6.04 Å². The lowest BCUT2D eigenvalue weighted by Gasteiger charge is -2.20. The highest BCUT2D eigenvalue weighted by molar-refractivity contribution is 7.90. The molecule has 0 radical (unpaired) electrons. The van der Waals surface area contributed by atoms with Gasteiger partial charge in [-0.3, -0.25) is 0 Å². The van der Waals surface area contributed by atoms with Gasteiger partial charge in [0.25, 0.3) is 0 Å². The zero-order valence-electron chi connectivity index (χ0n) is 11.2. The average molecular weight is 290 g/mol. The van der Waals surface area contributed by atoms with Crippen LogP contribution in [0.15, 0.2) is 24.3 Å². The number of hydrogen-bond donors (Lipinski definition) is 1. The maximum atomic E-state index is 11.4. The Balaban J connectivity index is 2.86. The highest BCUT2D eigenvalue weighted by atomic mass is 35.5. The first-order valence-electron chi connectivity index (χ1n) is 5.82. The molecule has 0 aliphatic rings. The number of rotatable bonds is 4. The summed E-state index contributed by atoms with van der Waals surface area (Å²) in [4.78, 5) is 0. The molecule has 0 amide bonds. The zero-order valence-corrected chi connectivity index (χ0v) is 12.8. The van der Waals surface area contributed by atoms with E-state index in [2.05, 4.69) is 25.5 Å². The molecular formula is C13H20ClNO2S. The Kier molecular flexibility index (Phi) is 4.81. The van der Waals surface area contributed by atoms with Crippen molar-refractivity contribution in [2.24, 2.45) is 0 Å². The molecule has 102 valence electrons. The molecule has 3 nitrogen and oxygen atoms in total. The minimum atomic E-state index is -3.39. The van der Waals surface area contributed by atoms with E-state index in [9.17, 15) is 8.42 Å². The van der Waals surface area contributed by atoms with Crippen LogP contribution in [0.4, 0.5) is 0 Å². The number of halogens is 1. The largest absolute Gasteiger partial charge is 0.226 e. The van der Waals surface area contributed by atoms with Gasteiger partial charge >= 0.3 is 0 Å². The molecule has 0 saturated heterocycles. The molecule has 0 saturated carbocycles. The number of sulfonamides is 1. The van der Waals surface area contributed by atoms with E-state index in [0.29, 0.717) is 0 Å². The van der Waals surface area contributed by atoms with Gasteiger partial charge in [-0.15, -0.1) is 11.6 Å². The maximum Gasteiger partial charge on any atom is 0.226 e. The van der Waals surface area contributed by atoms with E-state index in [1.807, 2.05) is 24.3 Å². The Bertz CT molecular complexity index is 489. The van der Waals surface area contributed by atoms with Crippen molar-refractivity contribution in [1.82, 2.24) is 4.72 Å². The first-order valence-corrected chi connectivity index (χ1v) is 8.01. The first-order chi connectivity index (χ1) is 8.15. The molecule has 1 unspecified atom stereocenters. The molecule has 0 aliphatic carbocycles. The van der Waals surface area contributed by atoms with Crippen molar-refractivity contribution >= 4 is 21.6 Å². The van der Waals surface area contributed by atoms with Gasteiger partial charge in [-0.2, -0.15) is 0 Å². The highest BCUT2D eigenvalue weighted by Crippen LogP contribution is 2.24. The standard InChI is InChI=1S/C13H20ClNO2S/c1-10(15-18(16,17)9-14)11-5-7-12(8-6-11)13(2,3)4/h5-8,10,15H,9H2,1-4H3. The SMILES string of the molecule is CC(NS(=O)(=O)CCl)c1ccc(C(C)(C)C)cc1. The molecule has 0 fully saturated rings. The third-order valence-corrected chi connectivity index (χ3v) is 4.64. The Hall–Kier alpha value is -0.580. The molecule has 1 rings (SSSR count). The lowest BCUT2D eigenvalue weighted by molar-refractivity contribution is 0.570. The molecule has 5 heteroatoms. The normalized spacial score (nSPS) is 14.5. The molecule has 1 N–H and O–H groups in total. The van der Waals surface area contributed by atoms with Crippen molar-refractivity contribution in [2.45, 2.75) is 39.2 Å². The lowest BCUT2D eigenvalue weighted by atomic mass is 9.86. The summed E-state index contributed by atoms with van der Waals surface area (Å²) in [5.74, 6) is 0. The Morgan fingerprint density at radius 2 is 1.72 bits per heavy atom. The highest BCUT2D eigenvalue weighted by Gasteiger charge is 2.16. The number of hydrogen-bond acceptors (Lipinski definition) is 2. The monoisotopic (exact) mass is 289 g/mol. The van der Waals surface area contributed by atoms with E-state index in [-0.39, 0.29) is 11.5 Å². The fourth-order valence-corrected chi connectivity index (χ4v) is 2.57. The van der Waals surface area contributed by atoms with E-state index in [1.54, 1.807) is 6.92 Å². The van der Waals surface area contributed by atoms with Crippen molar-refractivity contribution in [3.8, 4) is 0 Å². The second kappa shape index (κ2) is 5.59. The summed E-state index contributed by atoms with van der Waals surface area (Å²) in [5.41, 5.74) is 2.24. The fraction of sp³-hybridized carbons (Fsp3) is 0.538. The van der Waals surface area contributed by atoms with Crippen LogP contribution in [-0.4, -0.2) is 13.6 Å². The van der Waals surface area contributed by atoms with Crippen LogP contribution in [0, 0.1) is 0 Å². The van der Waals surface area contributed by atoms with Crippen LogP contribution in [0.1, 0.15) is 44.9 Å². The van der Waals surface area contributed by atoms with Gasteiger partial charge in [-0.25, -0.2) is 13.1 Å². The smallest absolute Gasteiger partial charge is 0.211 e. The Morgan fingerprint density at radius 1 is 1.22 bits per heavy atom. The van der Waals surface area contributed by atoms with Crippen LogP contribution in [0.2, 0.25) is 0 Å². The van der Waals surface area contributed by atoms with Gasteiger partial charge in [-0.1, -0.05) is 45.0 Å². The molecular weight excluding hydrogens is 270 g/mol. The third kappa shape index (κ3) is 4.26. The quantitative estimate of drug-likeness (QED) is 0.866. The van der Waals surface area contributed by atoms with E-state index in [4.69, 9.17) is 11.6 Å². The molecule has 1 aromatic carbocycles. The van der Waals surface area contributed by atoms with Crippen LogP contribution in [0.25, 0.3) is 0 Å². The zero-order chi connectivity index (χ0) is 14.0. The lowest BCUT2D eigenvalue weighted by Crippen LogP contribution is -2.27. The van der Waals surface area contributed by atoms with Gasteiger partial charge in [0.2, 0.25) is 10.0 Å². The van der Waals surface area contributed by atoms with Crippen molar-refractivity contribution in [2.75, 3.05) is 5.21 Å². The number of nitrogens with one attached hydrogen (secondary N) is 1. The minimum absolute atomic E-state index is 0.0947. The van der Waals surface area contributed by atoms with E-state index >= 15 is 0 Å². The van der Waals surface area contributed by atoms with Crippen molar-refractivity contribution < 1.29 is 8.42 Å². The van der Waals surface area contributed by atoms with E-state index in [0.717, 1.165) is 5.56 Å². The van der Waals surface area contributed by atoms with E-state index in [1.165, 1.54) is 5.56 Å². The summed E-state index contributed by atoms with van der Waals surface area (Å²) < 4.78 is 25.3. The Labute approximate surface area is 115 Å². The van der Waals surface area contributed by atoms with Crippen LogP contribution in [0.3, 0.4) is 0 Å². The molecule has 0 spiro atoms. The molecule has 1 atom stereocenters. The van der Waals surface area contributed by atoms with Crippen LogP contribution < -0.4 is 4.72 Å². The van der Waals surface area contributed by atoms with Gasteiger partial charge < -0.3 is 0 Å². The predicted molar refractivity (Wildman–Crippen MR) is 76.3 cm³/mol. The third-order valence-electron chi connectivity index (χ3n) is 2.78. The number of benzene rings is 1. The number of alkyl halides is 1. The second-order valence-electron chi connectivity index (χ2n) is 5.44. The Morgan fingerprint density at radius 3 is 2.11 bits per heavy atom. The fourth-order valence-electron chi connectivity index (χ4n) is 1.64. The predicted octanol–water partition coefficient (Wildman–Crippen LogP) is 3.16. The summed E-state index contributed by atoms with van der Waals surface area (Å²) in [7, 11) is -3.39. The molecule has 0 aromatic heterocycles. The maximum absolute atomic E-state index is 11.4. The summed E-state index contributed by atoms with van der Waals surface area (Å²) in [6, 6.07) is 7.67. The summed E-state index contributed by atoms with van der Waals surface area (Å²) in [5, 5.41) is -0.419. The van der Waals surface area contributed by atoms with Crippen LogP contribution in [0.5, 0.6) is 0 Å². The average Bonchev–Trinajstić information content (AvgIpc) is 2.27. The molecule has 1 aromatic rings. The van der Waals surface area contributed by atoms with Crippen LogP contribution >= 0.6 is 11.6 Å². The molecule has 0 aliphatic heterocycles. The second-order valence-corrected chi connectivity index (χ2v) is 7.77. The summed E-state index contributed by atoms with van der Waals surface area (Å²) in [6.45, 7) is 8.22. The van der Waals surface area contributed by atoms with Crippen LogP contribution in [-0.2, 0) is 15.4 Å². The van der Waals surface area contributed by atoms with Gasteiger partial charge in [0.1, 0.15) is 5.21 Å². The van der Waals surface area contributed by atoms with Crippen molar-refractivity contribution in [3.05, 3.63) is 35.4 Å².